The number of hydrogen-bond acceptors (Lipinski definition) is 4. The first-order valence-electron chi connectivity index (χ1n) is 6.38. The lowest BCUT2D eigenvalue weighted by atomic mass is 10.0. The van der Waals surface area contributed by atoms with Crippen LogP contribution in [0.2, 0.25) is 0 Å². The summed E-state index contributed by atoms with van der Waals surface area (Å²) < 4.78 is 10.6. The lowest BCUT2D eigenvalue weighted by Crippen LogP contribution is -2.36. The van der Waals surface area contributed by atoms with Gasteiger partial charge in [-0.15, -0.1) is 0 Å². The number of benzene rings is 1. The third-order valence-electron chi connectivity index (χ3n) is 3.26. The number of ketones is 1. The molecular formula is C15H19NO3. The van der Waals surface area contributed by atoms with Gasteiger partial charge in [-0.2, -0.15) is 0 Å². The molecule has 0 aliphatic carbocycles. The highest BCUT2D eigenvalue weighted by atomic mass is 16.5. The van der Waals surface area contributed by atoms with E-state index in [1.165, 1.54) is 6.08 Å². The number of allylic oxidation sites excluding steroid dienone is 1. The van der Waals surface area contributed by atoms with Gasteiger partial charge in [0.1, 0.15) is 5.75 Å². The van der Waals surface area contributed by atoms with E-state index < -0.39 is 0 Å². The molecule has 1 heterocycles. The molecule has 0 bridgehead atoms. The molecule has 0 radical (unpaired) electrons. The number of ether oxygens (including phenoxy) is 2. The Bertz CT molecular complexity index is 464. The summed E-state index contributed by atoms with van der Waals surface area (Å²) in [6.45, 7) is 7.55. The van der Waals surface area contributed by atoms with Crippen LogP contribution in [0.15, 0.2) is 30.9 Å². The lowest BCUT2D eigenvalue weighted by Gasteiger charge is -2.27. The van der Waals surface area contributed by atoms with E-state index in [4.69, 9.17) is 9.47 Å². The zero-order valence-corrected chi connectivity index (χ0v) is 11.2. The predicted molar refractivity (Wildman–Crippen MR) is 73.6 cm³/mol. The Kier molecular flexibility index (Phi) is 4.71. The maximum atomic E-state index is 11.9. The molecule has 0 unspecified atom stereocenters. The van der Waals surface area contributed by atoms with Crippen LogP contribution in [0.1, 0.15) is 15.9 Å². The highest BCUT2D eigenvalue weighted by Crippen LogP contribution is 2.20. The molecule has 19 heavy (non-hydrogen) atoms. The molecule has 0 atom stereocenters. The molecular weight excluding hydrogens is 242 g/mol. The van der Waals surface area contributed by atoms with Gasteiger partial charge in [0.2, 0.25) is 0 Å². The van der Waals surface area contributed by atoms with Crippen LogP contribution in [0.5, 0.6) is 5.75 Å². The Hall–Kier alpha value is -1.65. The van der Waals surface area contributed by atoms with Gasteiger partial charge in [-0.25, -0.2) is 0 Å². The maximum Gasteiger partial charge on any atom is 0.185 e. The molecule has 1 fully saturated rings. The number of morpholine rings is 1. The van der Waals surface area contributed by atoms with Crippen molar-refractivity contribution in [1.82, 2.24) is 4.90 Å². The second kappa shape index (κ2) is 6.50. The summed E-state index contributed by atoms with van der Waals surface area (Å²) in [7, 11) is 1.63. The zero-order chi connectivity index (χ0) is 13.7. The molecule has 4 nitrogen and oxygen atoms in total. The minimum atomic E-state index is -0.0501. The third-order valence-corrected chi connectivity index (χ3v) is 3.26. The number of rotatable bonds is 5. The van der Waals surface area contributed by atoms with Crippen LogP contribution in [0.4, 0.5) is 0 Å². The van der Waals surface area contributed by atoms with Crippen LogP contribution in [0, 0.1) is 0 Å². The molecule has 1 saturated heterocycles. The van der Waals surface area contributed by atoms with Crippen molar-refractivity contribution in [2.24, 2.45) is 0 Å². The van der Waals surface area contributed by atoms with Gasteiger partial charge >= 0.3 is 0 Å². The molecule has 1 aliphatic rings. The molecule has 1 aromatic carbocycles. The highest BCUT2D eigenvalue weighted by molar-refractivity contribution is 6.05. The van der Waals surface area contributed by atoms with Crippen LogP contribution >= 0.6 is 0 Å². The fourth-order valence-electron chi connectivity index (χ4n) is 2.18. The van der Waals surface area contributed by atoms with Crippen molar-refractivity contribution in [3.05, 3.63) is 42.0 Å². The molecule has 0 spiro atoms. The number of methoxy groups -OCH3 is 1. The fraction of sp³-hybridized carbons (Fsp3) is 0.400. The largest absolute Gasteiger partial charge is 0.497 e. The van der Waals surface area contributed by atoms with Gasteiger partial charge in [-0.3, -0.25) is 9.69 Å². The first-order valence-corrected chi connectivity index (χ1v) is 6.38. The van der Waals surface area contributed by atoms with Crippen molar-refractivity contribution in [3.8, 4) is 5.75 Å². The number of nitrogens with zero attached hydrogens (tertiary/aromatic N) is 1. The molecule has 0 saturated carbocycles. The summed E-state index contributed by atoms with van der Waals surface area (Å²) in [5.74, 6) is 0.717. The number of carbonyl (C=O) groups is 1. The van der Waals surface area contributed by atoms with Gasteiger partial charge in [0, 0.05) is 25.2 Å². The smallest absolute Gasteiger partial charge is 0.185 e. The van der Waals surface area contributed by atoms with Gasteiger partial charge in [0.15, 0.2) is 5.78 Å². The predicted octanol–water partition coefficient (Wildman–Crippen LogP) is 1.90. The molecule has 0 aromatic heterocycles. The van der Waals surface area contributed by atoms with Crippen molar-refractivity contribution in [1.29, 1.82) is 0 Å². The van der Waals surface area contributed by atoms with Crippen LogP contribution in [-0.4, -0.2) is 44.1 Å². The SMILES string of the molecule is C=CC(=O)c1ccc(OC)cc1CN1CCOCC1. The van der Waals surface area contributed by atoms with Crippen molar-refractivity contribution in [2.75, 3.05) is 33.4 Å². The van der Waals surface area contributed by atoms with Crippen LogP contribution in [0.3, 0.4) is 0 Å². The van der Waals surface area contributed by atoms with E-state index in [1.54, 1.807) is 19.2 Å². The number of carbonyl (C=O) groups excluding carboxylic acids is 1. The second-order valence-electron chi connectivity index (χ2n) is 4.48. The summed E-state index contributed by atoms with van der Waals surface area (Å²) in [5.41, 5.74) is 1.67. The van der Waals surface area contributed by atoms with Gasteiger partial charge in [-0.05, 0) is 29.8 Å². The summed E-state index contributed by atoms with van der Waals surface area (Å²) in [6, 6.07) is 5.53. The van der Waals surface area contributed by atoms with Gasteiger partial charge in [-0.1, -0.05) is 6.58 Å². The Balaban J connectivity index is 2.23. The summed E-state index contributed by atoms with van der Waals surface area (Å²) >= 11 is 0. The topological polar surface area (TPSA) is 38.8 Å². The third kappa shape index (κ3) is 3.43. The molecule has 0 amide bonds. The van der Waals surface area contributed by atoms with E-state index >= 15 is 0 Å². The van der Waals surface area contributed by atoms with Gasteiger partial charge in [0.25, 0.3) is 0 Å². The summed E-state index contributed by atoms with van der Waals surface area (Å²) in [4.78, 5) is 14.1. The fourth-order valence-corrected chi connectivity index (χ4v) is 2.18. The lowest BCUT2D eigenvalue weighted by molar-refractivity contribution is 0.0341. The standard InChI is InChI=1S/C15H19NO3/c1-3-15(17)14-5-4-13(18-2)10-12(14)11-16-6-8-19-9-7-16/h3-5,10H,1,6-9,11H2,2H3. The molecule has 1 aromatic rings. The number of hydrogen-bond donors (Lipinski definition) is 0. The van der Waals surface area contributed by atoms with E-state index in [9.17, 15) is 4.79 Å². The molecule has 2 rings (SSSR count). The molecule has 1 aliphatic heterocycles. The van der Waals surface area contributed by atoms with Gasteiger partial charge in [0.05, 0.1) is 20.3 Å². The van der Waals surface area contributed by atoms with Gasteiger partial charge < -0.3 is 9.47 Å². The minimum absolute atomic E-state index is 0.0501. The van der Waals surface area contributed by atoms with E-state index in [1.807, 2.05) is 6.07 Å². The van der Waals surface area contributed by atoms with Crippen molar-refractivity contribution < 1.29 is 14.3 Å². The van der Waals surface area contributed by atoms with Crippen molar-refractivity contribution >= 4 is 5.78 Å². The maximum absolute atomic E-state index is 11.9. The Morgan fingerprint density at radius 1 is 1.47 bits per heavy atom. The average molecular weight is 261 g/mol. The zero-order valence-electron chi connectivity index (χ0n) is 11.2. The second-order valence-corrected chi connectivity index (χ2v) is 4.48. The molecule has 4 heteroatoms. The van der Waals surface area contributed by atoms with Crippen LogP contribution in [-0.2, 0) is 11.3 Å². The molecule has 0 N–H and O–H groups in total. The van der Waals surface area contributed by atoms with Crippen LogP contribution < -0.4 is 4.74 Å². The summed E-state index contributed by atoms with van der Waals surface area (Å²) in [5, 5.41) is 0. The first-order chi connectivity index (χ1) is 9.24. The Morgan fingerprint density at radius 3 is 2.84 bits per heavy atom. The van der Waals surface area contributed by atoms with E-state index in [0.29, 0.717) is 5.56 Å². The first kappa shape index (κ1) is 13.8. The summed E-state index contributed by atoms with van der Waals surface area (Å²) in [6.07, 6.45) is 1.35. The minimum Gasteiger partial charge on any atom is -0.497 e. The normalized spacial score (nSPS) is 16.1. The Morgan fingerprint density at radius 2 is 2.21 bits per heavy atom. The van der Waals surface area contributed by atoms with E-state index in [2.05, 4.69) is 11.5 Å². The van der Waals surface area contributed by atoms with Crippen molar-refractivity contribution in [2.45, 2.75) is 6.54 Å². The monoisotopic (exact) mass is 261 g/mol. The van der Waals surface area contributed by atoms with Crippen molar-refractivity contribution in [3.63, 3.8) is 0 Å². The molecule has 102 valence electrons. The quantitative estimate of drug-likeness (QED) is 0.599. The highest BCUT2D eigenvalue weighted by Gasteiger charge is 2.15. The van der Waals surface area contributed by atoms with Crippen LogP contribution in [0.25, 0.3) is 0 Å². The Labute approximate surface area is 113 Å². The average Bonchev–Trinajstić information content (AvgIpc) is 2.47. The van der Waals surface area contributed by atoms with E-state index in [-0.39, 0.29) is 5.78 Å². The van der Waals surface area contributed by atoms with E-state index in [0.717, 1.165) is 44.2 Å².